The second kappa shape index (κ2) is 6.67. The summed E-state index contributed by atoms with van der Waals surface area (Å²) >= 11 is 0. The van der Waals surface area contributed by atoms with Gasteiger partial charge in [-0.15, -0.1) is 0 Å². The summed E-state index contributed by atoms with van der Waals surface area (Å²) in [5.41, 5.74) is 0. The number of nitrogens with one attached hydrogen (secondary N) is 1. The van der Waals surface area contributed by atoms with Gasteiger partial charge in [0.25, 0.3) is 0 Å². The lowest BCUT2D eigenvalue weighted by Crippen LogP contribution is -2.52. The van der Waals surface area contributed by atoms with Crippen LogP contribution in [0.25, 0.3) is 0 Å². The van der Waals surface area contributed by atoms with Gasteiger partial charge in [0.1, 0.15) is 0 Å². The Morgan fingerprint density at radius 1 is 1.53 bits per heavy atom. The van der Waals surface area contributed by atoms with Crippen LogP contribution in [0, 0.1) is 0 Å². The van der Waals surface area contributed by atoms with E-state index < -0.39 is 0 Å². The van der Waals surface area contributed by atoms with E-state index in [4.69, 9.17) is 4.74 Å². The molecule has 0 aromatic rings. The fourth-order valence-corrected chi connectivity index (χ4v) is 1.66. The van der Waals surface area contributed by atoms with E-state index in [1.807, 2.05) is 0 Å². The molecule has 1 heterocycles. The lowest BCUT2D eigenvalue weighted by molar-refractivity contribution is 0.0891. The average molecular weight is 214 g/mol. The van der Waals surface area contributed by atoms with Crippen LogP contribution < -0.4 is 5.32 Å². The van der Waals surface area contributed by atoms with E-state index in [-0.39, 0.29) is 6.09 Å². The van der Waals surface area contributed by atoms with Gasteiger partial charge in [0, 0.05) is 25.7 Å². The van der Waals surface area contributed by atoms with Crippen LogP contribution in [0.3, 0.4) is 0 Å². The van der Waals surface area contributed by atoms with Crippen molar-refractivity contribution in [3.8, 4) is 0 Å². The molecular formula is C11H22N2O2. The normalized spacial score (nSPS) is 21.5. The van der Waals surface area contributed by atoms with E-state index >= 15 is 0 Å². The Bertz CT molecular complexity index is 197. The molecule has 1 rings (SSSR count). The van der Waals surface area contributed by atoms with Crippen molar-refractivity contribution in [2.75, 3.05) is 26.2 Å². The molecule has 1 aliphatic rings. The number of carbonyl (C=O) groups excluding carboxylic acids is 1. The summed E-state index contributed by atoms with van der Waals surface area (Å²) in [7, 11) is 0. The second-order valence-corrected chi connectivity index (χ2v) is 3.97. The van der Waals surface area contributed by atoms with E-state index in [0.717, 1.165) is 38.9 Å². The Morgan fingerprint density at radius 2 is 2.33 bits per heavy atom. The van der Waals surface area contributed by atoms with Gasteiger partial charge in [-0.2, -0.15) is 0 Å². The zero-order chi connectivity index (χ0) is 11.1. The lowest BCUT2D eigenvalue weighted by Gasteiger charge is -2.32. The van der Waals surface area contributed by atoms with Crippen molar-refractivity contribution in [2.24, 2.45) is 0 Å². The number of unbranched alkanes of at least 4 members (excludes halogenated alkanes) is 1. The molecule has 4 nitrogen and oxygen atoms in total. The highest BCUT2D eigenvalue weighted by atomic mass is 16.6. The molecule has 1 atom stereocenters. The molecule has 15 heavy (non-hydrogen) atoms. The van der Waals surface area contributed by atoms with Gasteiger partial charge in [0.15, 0.2) is 0 Å². The van der Waals surface area contributed by atoms with Gasteiger partial charge in [-0.3, -0.25) is 0 Å². The predicted octanol–water partition coefficient (Wildman–Crippen LogP) is 1.61. The van der Waals surface area contributed by atoms with Crippen molar-refractivity contribution in [3.05, 3.63) is 0 Å². The number of hydrogen-bond donors (Lipinski definition) is 1. The minimum absolute atomic E-state index is 0.150. The highest BCUT2D eigenvalue weighted by molar-refractivity contribution is 5.67. The van der Waals surface area contributed by atoms with Gasteiger partial charge in [0.2, 0.25) is 0 Å². The number of rotatable bonds is 4. The molecule has 0 aromatic carbocycles. The minimum atomic E-state index is -0.150. The molecule has 0 unspecified atom stereocenters. The van der Waals surface area contributed by atoms with Gasteiger partial charge in [0.05, 0.1) is 6.61 Å². The third-order valence-corrected chi connectivity index (χ3v) is 2.73. The average Bonchev–Trinajstić information content (AvgIpc) is 2.29. The first-order valence-electron chi connectivity index (χ1n) is 5.93. The summed E-state index contributed by atoms with van der Waals surface area (Å²) in [5.74, 6) is 0. The van der Waals surface area contributed by atoms with Crippen LogP contribution in [0.4, 0.5) is 4.79 Å². The SMILES string of the molecule is CCCCOC(=O)N1CCN[C@@H](CC)C1. The van der Waals surface area contributed by atoms with Gasteiger partial charge in [-0.1, -0.05) is 20.3 Å². The van der Waals surface area contributed by atoms with Crippen LogP contribution in [0.5, 0.6) is 0 Å². The summed E-state index contributed by atoms with van der Waals surface area (Å²) in [6.45, 7) is 7.19. The Morgan fingerprint density at radius 3 is 3.00 bits per heavy atom. The Labute approximate surface area is 92.0 Å². The smallest absolute Gasteiger partial charge is 0.409 e. The topological polar surface area (TPSA) is 41.6 Å². The van der Waals surface area contributed by atoms with Crippen molar-refractivity contribution in [1.29, 1.82) is 0 Å². The standard InChI is InChI=1S/C11H22N2O2/c1-3-5-8-15-11(14)13-7-6-12-10(4-2)9-13/h10,12H,3-9H2,1-2H3/t10-/m0/s1. The third kappa shape index (κ3) is 4.08. The molecule has 1 saturated heterocycles. The van der Waals surface area contributed by atoms with E-state index in [1.165, 1.54) is 0 Å². The molecule has 0 spiro atoms. The molecule has 1 amide bonds. The number of amides is 1. The van der Waals surface area contributed by atoms with Gasteiger partial charge < -0.3 is 15.0 Å². The van der Waals surface area contributed by atoms with E-state index in [1.54, 1.807) is 4.90 Å². The van der Waals surface area contributed by atoms with E-state index in [0.29, 0.717) is 12.6 Å². The number of ether oxygens (including phenoxy) is 1. The molecule has 1 aliphatic heterocycles. The second-order valence-electron chi connectivity index (χ2n) is 3.97. The van der Waals surface area contributed by atoms with Crippen LogP contribution in [0.2, 0.25) is 0 Å². The van der Waals surface area contributed by atoms with Crippen molar-refractivity contribution < 1.29 is 9.53 Å². The predicted molar refractivity (Wildman–Crippen MR) is 59.9 cm³/mol. The number of nitrogens with zero attached hydrogens (tertiary/aromatic N) is 1. The molecule has 0 aliphatic carbocycles. The maximum Gasteiger partial charge on any atom is 0.409 e. The summed E-state index contributed by atoms with van der Waals surface area (Å²) in [6, 6.07) is 0.428. The summed E-state index contributed by atoms with van der Waals surface area (Å²) in [6.07, 6.45) is 2.92. The van der Waals surface area contributed by atoms with Crippen LogP contribution >= 0.6 is 0 Å². The van der Waals surface area contributed by atoms with Crippen molar-refractivity contribution in [2.45, 2.75) is 39.2 Å². The number of hydrogen-bond acceptors (Lipinski definition) is 3. The van der Waals surface area contributed by atoms with Crippen molar-refractivity contribution >= 4 is 6.09 Å². The molecule has 4 heteroatoms. The Hall–Kier alpha value is -0.770. The quantitative estimate of drug-likeness (QED) is 0.723. The van der Waals surface area contributed by atoms with Crippen molar-refractivity contribution in [1.82, 2.24) is 10.2 Å². The molecule has 0 saturated carbocycles. The molecule has 0 aromatic heterocycles. The first kappa shape index (κ1) is 12.3. The van der Waals surface area contributed by atoms with Crippen LogP contribution in [0.1, 0.15) is 33.1 Å². The largest absolute Gasteiger partial charge is 0.449 e. The Balaban J connectivity index is 2.25. The monoisotopic (exact) mass is 214 g/mol. The summed E-state index contributed by atoms with van der Waals surface area (Å²) in [4.78, 5) is 13.4. The van der Waals surface area contributed by atoms with E-state index in [9.17, 15) is 4.79 Å². The zero-order valence-corrected chi connectivity index (χ0v) is 9.79. The first-order valence-corrected chi connectivity index (χ1v) is 5.93. The first-order chi connectivity index (χ1) is 7.27. The highest BCUT2D eigenvalue weighted by Gasteiger charge is 2.22. The van der Waals surface area contributed by atoms with Gasteiger partial charge in [-0.05, 0) is 12.8 Å². The lowest BCUT2D eigenvalue weighted by atomic mass is 10.2. The minimum Gasteiger partial charge on any atom is -0.449 e. The van der Waals surface area contributed by atoms with Crippen LogP contribution in [0.15, 0.2) is 0 Å². The fraction of sp³-hybridized carbons (Fsp3) is 0.909. The maximum absolute atomic E-state index is 11.6. The molecule has 0 radical (unpaired) electrons. The van der Waals surface area contributed by atoms with E-state index in [2.05, 4.69) is 19.2 Å². The molecule has 88 valence electrons. The van der Waals surface area contributed by atoms with Crippen LogP contribution in [-0.2, 0) is 4.74 Å². The number of piperazine rings is 1. The third-order valence-electron chi connectivity index (χ3n) is 2.73. The molecule has 0 bridgehead atoms. The summed E-state index contributed by atoms with van der Waals surface area (Å²) in [5, 5.41) is 3.37. The molecule has 1 fully saturated rings. The maximum atomic E-state index is 11.6. The molecule has 1 N–H and O–H groups in total. The highest BCUT2D eigenvalue weighted by Crippen LogP contribution is 2.04. The fourth-order valence-electron chi connectivity index (χ4n) is 1.66. The van der Waals surface area contributed by atoms with Crippen LogP contribution in [-0.4, -0.2) is 43.3 Å². The number of carbonyl (C=O) groups is 1. The van der Waals surface area contributed by atoms with Gasteiger partial charge in [-0.25, -0.2) is 4.79 Å². The zero-order valence-electron chi connectivity index (χ0n) is 9.79. The molecular weight excluding hydrogens is 192 g/mol. The van der Waals surface area contributed by atoms with Gasteiger partial charge >= 0.3 is 6.09 Å². The summed E-state index contributed by atoms with van der Waals surface area (Å²) < 4.78 is 5.17. The van der Waals surface area contributed by atoms with Crippen molar-refractivity contribution in [3.63, 3.8) is 0 Å². The Kier molecular flexibility index (Phi) is 5.47.